The molecule has 0 saturated heterocycles. The second kappa shape index (κ2) is 10.1. The highest BCUT2D eigenvalue weighted by Gasteiger charge is 2.24. The van der Waals surface area contributed by atoms with Crippen LogP contribution < -0.4 is 5.32 Å². The van der Waals surface area contributed by atoms with Gasteiger partial charge in [0.2, 0.25) is 5.91 Å². The normalized spacial score (nSPS) is 12.9. The molecule has 10 heteroatoms. The smallest absolute Gasteiger partial charge is 0.237 e. The van der Waals surface area contributed by atoms with E-state index in [4.69, 9.17) is 16.9 Å². The molecule has 7 nitrogen and oxygen atoms in total. The summed E-state index contributed by atoms with van der Waals surface area (Å²) in [7, 11) is 3.86. The van der Waals surface area contributed by atoms with Crippen molar-refractivity contribution < 1.29 is 9.18 Å². The Morgan fingerprint density at radius 3 is 2.50 bits per heavy atom. The number of aromatic nitrogens is 3. The lowest BCUT2D eigenvalue weighted by molar-refractivity contribution is -0.115. The fraction of sp³-hybridized carbons (Fsp3) is 0.273. The van der Waals surface area contributed by atoms with Gasteiger partial charge in [0.1, 0.15) is 11.9 Å². The van der Waals surface area contributed by atoms with Crippen LogP contribution in [0.2, 0.25) is 5.02 Å². The summed E-state index contributed by atoms with van der Waals surface area (Å²) in [5, 5.41) is 20.7. The third-order valence-corrected chi connectivity index (χ3v) is 6.26. The highest BCUT2D eigenvalue weighted by atomic mass is 35.5. The Kier molecular flexibility index (Phi) is 7.51. The third-order valence-electron chi connectivity index (χ3n) is 4.90. The van der Waals surface area contributed by atoms with E-state index >= 15 is 0 Å². The van der Waals surface area contributed by atoms with Crippen molar-refractivity contribution in [2.24, 2.45) is 0 Å². The van der Waals surface area contributed by atoms with Gasteiger partial charge < -0.3 is 5.32 Å². The molecule has 2 atom stereocenters. The van der Waals surface area contributed by atoms with Crippen molar-refractivity contribution in [3.63, 3.8) is 0 Å². The molecule has 2 aromatic carbocycles. The maximum absolute atomic E-state index is 13.5. The Morgan fingerprint density at radius 2 is 1.91 bits per heavy atom. The highest BCUT2D eigenvalue weighted by molar-refractivity contribution is 8.00. The molecule has 3 aromatic rings. The number of amides is 1. The van der Waals surface area contributed by atoms with E-state index in [9.17, 15) is 9.18 Å². The summed E-state index contributed by atoms with van der Waals surface area (Å²) in [5.41, 5.74) is 1.53. The highest BCUT2D eigenvalue weighted by Crippen LogP contribution is 2.30. The topological polar surface area (TPSA) is 86.8 Å². The number of halogens is 2. The quantitative estimate of drug-likeness (QED) is 0.503. The monoisotopic (exact) mass is 472 g/mol. The minimum Gasteiger partial charge on any atom is -0.325 e. The second-order valence-corrected chi connectivity index (χ2v) is 9.06. The first kappa shape index (κ1) is 23.7. The minimum absolute atomic E-state index is 0.0631. The molecule has 0 aliphatic carbocycles. The summed E-state index contributed by atoms with van der Waals surface area (Å²) in [6.45, 7) is 3.74. The molecule has 166 valence electrons. The van der Waals surface area contributed by atoms with Gasteiger partial charge in [-0.25, -0.2) is 4.39 Å². The number of rotatable bonds is 7. The predicted octanol–water partition coefficient (Wildman–Crippen LogP) is 4.67. The van der Waals surface area contributed by atoms with Crippen LogP contribution >= 0.6 is 23.4 Å². The Labute approximate surface area is 195 Å². The fourth-order valence-corrected chi connectivity index (χ4v) is 3.93. The molecule has 32 heavy (non-hydrogen) atoms. The number of hydrogen-bond donors (Lipinski definition) is 1. The zero-order valence-electron chi connectivity index (χ0n) is 18.0. The summed E-state index contributed by atoms with van der Waals surface area (Å²) >= 11 is 7.29. The molecule has 0 fully saturated rings. The van der Waals surface area contributed by atoms with Gasteiger partial charge in [-0.15, -0.1) is 10.2 Å². The average Bonchev–Trinajstić information content (AvgIpc) is 3.17. The first-order valence-corrected chi connectivity index (χ1v) is 11.0. The standard InChI is InChI=1S/C22H22ClFN6OS/c1-13(29(3)4)20-27-28-22(30(20)18-9-6-16(24)7-10-18)32-14(2)21(31)26-17-8-5-15(12-25)19(23)11-17/h5-11,13-14H,1-4H3,(H,26,31). The van der Waals surface area contributed by atoms with Crippen molar-refractivity contribution in [3.05, 3.63) is 64.7 Å². The molecular weight excluding hydrogens is 451 g/mol. The molecule has 1 aromatic heterocycles. The number of nitrogens with one attached hydrogen (secondary N) is 1. The number of carbonyl (C=O) groups excluding carboxylic acids is 1. The molecule has 0 aliphatic rings. The van der Waals surface area contributed by atoms with Crippen molar-refractivity contribution in [2.75, 3.05) is 19.4 Å². The van der Waals surface area contributed by atoms with Crippen LogP contribution in [0.1, 0.15) is 31.3 Å². The summed E-state index contributed by atoms with van der Waals surface area (Å²) in [5.74, 6) is 0.0780. The minimum atomic E-state index is -0.518. The first-order chi connectivity index (χ1) is 15.2. The Morgan fingerprint density at radius 1 is 1.22 bits per heavy atom. The van der Waals surface area contributed by atoms with Gasteiger partial charge in [0.25, 0.3) is 0 Å². The van der Waals surface area contributed by atoms with Crippen molar-refractivity contribution in [1.29, 1.82) is 5.26 Å². The Balaban J connectivity index is 1.86. The van der Waals surface area contributed by atoms with E-state index in [1.165, 1.54) is 30.0 Å². The van der Waals surface area contributed by atoms with E-state index < -0.39 is 5.25 Å². The van der Waals surface area contributed by atoms with Crippen molar-refractivity contribution in [3.8, 4) is 11.8 Å². The lowest BCUT2D eigenvalue weighted by atomic mass is 10.2. The van der Waals surface area contributed by atoms with Crippen LogP contribution in [0.15, 0.2) is 47.6 Å². The van der Waals surface area contributed by atoms with Gasteiger partial charge in [0.15, 0.2) is 11.0 Å². The third kappa shape index (κ3) is 5.27. The number of benzene rings is 2. The SMILES string of the molecule is CC(Sc1nnc(C(C)N(C)C)n1-c1ccc(F)cc1)C(=O)Nc1ccc(C#N)c(Cl)c1. The number of hydrogen-bond acceptors (Lipinski definition) is 6. The van der Waals surface area contributed by atoms with Gasteiger partial charge in [0.05, 0.1) is 21.9 Å². The molecular formula is C22H22ClFN6OS. The van der Waals surface area contributed by atoms with Crippen LogP contribution in [-0.2, 0) is 4.79 Å². The van der Waals surface area contributed by atoms with Crippen LogP contribution in [-0.4, -0.2) is 44.9 Å². The predicted molar refractivity (Wildman–Crippen MR) is 124 cm³/mol. The van der Waals surface area contributed by atoms with Gasteiger partial charge in [-0.2, -0.15) is 5.26 Å². The summed E-state index contributed by atoms with van der Waals surface area (Å²) in [6, 6.07) is 12.7. The Bertz CT molecular complexity index is 1160. The van der Waals surface area contributed by atoms with Crippen LogP contribution in [0.4, 0.5) is 10.1 Å². The number of thioether (sulfide) groups is 1. The van der Waals surface area contributed by atoms with Gasteiger partial charge >= 0.3 is 0 Å². The molecule has 0 aliphatic heterocycles. The molecule has 0 bridgehead atoms. The molecule has 0 spiro atoms. The van der Waals surface area contributed by atoms with Crippen LogP contribution in [0.25, 0.3) is 5.69 Å². The van der Waals surface area contributed by atoms with E-state index in [1.54, 1.807) is 31.2 Å². The summed E-state index contributed by atoms with van der Waals surface area (Å²) in [6.07, 6.45) is 0. The fourth-order valence-electron chi connectivity index (χ4n) is 2.83. The first-order valence-electron chi connectivity index (χ1n) is 9.76. The van der Waals surface area contributed by atoms with Crippen LogP contribution in [0, 0.1) is 17.1 Å². The number of anilines is 1. The molecule has 0 saturated carbocycles. The molecule has 1 N–H and O–H groups in total. The van der Waals surface area contributed by atoms with Gasteiger partial charge in [-0.1, -0.05) is 23.4 Å². The van der Waals surface area contributed by atoms with Crippen LogP contribution in [0.5, 0.6) is 0 Å². The molecule has 3 rings (SSSR count). The summed E-state index contributed by atoms with van der Waals surface area (Å²) in [4.78, 5) is 14.8. The molecule has 0 radical (unpaired) electrons. The number of nitrogens with zero attached hydrogens (tertiary/aromatic N) is 5. The largest absolute Gasteiger partial charge is 0.325 e. The van der Waals surface area contributed by atoms with Gasteiger partial charge in [-0.05, 0) is 70.4 Å². The summed E-state index contributed by atoms with van der Waals surface area (Å²) < 4.78 is 15.3. The molecule has 1 amide bonds. The van der Waals surface area contributed by atoms with Crippen LogP contribution in [0.3, 0.4) is 0 Å². The lowest BCUT2D eigenvalue weighted by Gasteiger charge is -2.21. The van der Waals surface area contributed by atoms with E-state index in [0.717, 1.165) is 0 Å². The zero-order valence-corrected chi connectivity index (χ0v) is 19.6. The van der Waals surface area contributed by atoms with E-state index in [1.807, 2.05) is 36.6 Å². The maximum atomic E-state index is 13.5. The molecule has 1 heterocycles. The van der Waals surface area contributed by atoms with Crippen molar-refractivity contribution >= 4 is 35.0 Å². The zero-order chi connectivity index (χ0) is 23.4. The van der Waals surface area contributed by atoms with E-state index in [0.29, 0.717) is 27.9 Å². The Hall–Kier alpha value is -2.93. The lowest BCUT2D eigenvalue weighted by Crippen LogP contribution is -2.23. The van der Waals surface area contributed by atoms with Gasteiger partial charge in [0, 0.05) is 11.4 Å². The number of carbonyl (C=O) groups is 1. The van der Waals surface area contributed by atoms with Gasteiger partial charge in [-0.3, -0.25) is 14.3 Å². The maximum Gasteiger partial charge on any atom is 0.237 e. The van der Waals surface area contributed by atoms with Crippen molar-refractivity contribution in [2.45, 2.75) is 30.3 Å². The number of nitriles is 1. The van der Waals surface area contributed by atoms with Crippen molar-refractivity contribution in [1.82, 2.24) is 19.7 Å². The average molecular weight is 473 g/mol. The second-order valence-electron chi connectivity index (χ2n) is 7.35. The van der Waals surface area contributed by atoms with E-state index in [2.05, 4.69) is 15.5 Å². The molecule has 2 unspecified atom stereocenters. The van der Waals surface area contributed by atoms with E-state index in [-0.39, 0.29) is 22.8 Å².